The number of aromatic nitrogens is 1. The molecule has 2 aliphatic heterocycles. The van der Waals surface area contributed by atoms with Crippen molar-refractivity contribution in [2.75, 3.05) is 45.8 Å². The zero-order valence-corrected chi connectivity index (χ0v) is 15.9. The van der Waals surface area contributed by atoms with Gasteiger partial charge in [0.15, 0.2) is 18.8 Å². The molecular formula is C20H30N4O3+2. The van der Waals surface area contributed by atoms with Gasteiger partial charge in [0.25, 0.3) is 5.91 Å². The Labute approximate surface area is 159 Å². The molecule has 27 heavy (non-hydrogen) atoms. The zero-order valence-electron chi connectivity index (χ0n) is 15.9. The van der Waals surface area contributed by atoms with Crippen molar-refractivity contribution in [3.8, 4) is 0 Å². The summed E-state index contributed by atoms with van der Waals surface area (Å²) in [5.74, 6) is 0.0298. The molecule has 7 nitrogen and oxygen atoms in total. The van der Waals surface area contributed by atoms with Gasteiger partial charge in [-0.05, 0) is 25.0 Å². The Balaban J connectivity index is 1.30. The van der Waals surface area contributed by atoms with Crippen LogP contribution in [-0.2, 0) is 11.5 Å². The molecule has 0 radical (unpaired) electrons. The fraction of sp³-hybridized carbons (Fsp3) is 0.600. The number of rotatable bonds is 4. The van der Waals surface area contributed by atoms with Crippen LogP contribution in [0.2, 0.25) is 0 Å². The Hall–Kier alpha value is -2.12. The monoisotopic (exact) mass is 374 g/mol. The third-order valence-corrected chi connectivity index (χ3v) is 5.98. The Kier molecular flexibility index (Phi) is 5.59. The molecule has 0 saturated carbocycles. The van der Waals surface area contributed by atoms with Crippen molar-refractivity contribution < 1.29 is 19.0 Å². The van der Waals surface area contributed by atoms with Gasteiger partial charge in [0.05, 0.1) is 5.52 Å². The number of oxazole rings is 1. The zero-order chi connectivity index (χ0) is 18.6. The van der Waals surface area contributed by atoms with E-state index >= 15 is 0 Å². The Morgan fingerprint density at radius 3 is 2.37 bits per heavy atom. The van der Waals surface area contributed by atoms with E-state index in [9.17, 15) is 9.59 Å². The van der Waals surface area contributed by atoms with E-state index in [0.29, 0.717) is 24.7 Å². The summed E-state index contributed by atoms with van der Waals surface area (Å²) in [7, 11) is 0. The highest BCUT2D eigenvalue weighted by molar-refractivity contribution is 5.77. The molecule has 146 valence electrons. The molecule has 2 fully saturated rings. The number of fused-ring (bicyclic) bond motifs is 1. The smallest absolute Gasteiger partial charge is 0.408 e. The number of quaternary nitrogens is 2. The van der Waals surface area contributed by atoms with E-state index in [-0.39, 0.29) is 5.76 Å². The highest BCUT2D eigenvalue weighted by Gasteiger charge is 2.28. The number of nitrogens with zero attached hydrogens (tertiary/aromatic N) is 2. The van der Waals surface area contributed by atoms with Crippen molar-refractivity contribution >= 4 is 17.0 Å². The van der Waals surface area contributed by atoms with E-state index in [1.165, 1.54) is 22.6 Å². The molecular weight excluding hydrogens is 344 g/mol. The summed E-state index contributed by atoms with van der Waals surface area (Å²) in [4.78, 5) is 29.5. The first-order valence-electron chi connectivity index (χ1n) is 10.2. The van der Waals surface area contributed by atoms with Gasteiger partial charge in [0.2, 0.25) is 0 Å². The number of nitrogens with one attached hydrogen (secondary N) is 2. The number of carbonyl (C=O) groups is 1. The lowest BCUT2D eigenvalue weighted by Crippen LogP contribution is -3.28. The van der Waals surface area contributed by atoms with Crippen LogP contribution in [-0.4, -0.2) is 61.2 Å². The summed E-state index contributed by atoms with van der Waals surface area (Å²) in [6.07, 6.45) is 4.79. The molecule has 2 saturated heterocycles. The quantitative estimate of drug-likeness (QED) is 0.702. The summed E-state index contributed by atoms with van der Waals surface area (Å²) in [6, 6.07) is 7.58. The number of carbonyl (C=O) groups excluding carboxylic acids is 1. The first-order valence-corrected chi connectivity index (χ1v) is 10.2. The second kappa shape index (κ2) is 8.27. The maximum absolute atomic E-state index is 12.6. The summed E-state index contributed by atoms with van der Waals surface area (Å²) >= 11 is 0. The third kappa shape index (κ3) is 4.25. The fourth-order valence-electron chi connectivity index (χ4n) is 4.33. The van der Waals surface area contributed by atoms with Gasteiger partial charge in [0.1, 0.15) is 26.2 Å². The number of hydrogen-bond donors (Lipinski definition) is 2. The first kappa shape index (κ1) is 18.3. The standard InChI is InChI=1S/C20H28N4O3/c25-19(23-9-5-1-2-6-10-23)15-21-11-13-22(14-12-21)16-24-17-7-3-4-8-18(17)27-20(24)26/h3-4,7-8H,1-2,5-6,9-16H2/p+2. The second-order valence-electron chi connectivity index (χ2n) is 7.89. The molecule has 0 spiro atoms. The highest BCUT2D eigenvalue weighted by atomic mass is 16.4. The highest BCUT2D eigenvalue weighted by Crippen LogP contribution is 2.10. The molecule has 0 atom stereocenters. The Morgan fingerprint density at radius 2 is 1.63 bits per heavy atom. The van der Waals surface area contributed by atoms with Crippen LogP contribution in [0.4, 0.5) is 0 Å². The van der Waals surface area contributed by atoms with Gasteiger partial charge >= 0.3 is 5.76 Å². The van der Waals surface area contributed by atoms with Crippen molar-refractivity contribution in [2.24, 2.45) is 0 Å². The van der Waals surface area contributed by atoms with Crippen LogP contribution in [0.25, 0.3) is 11.1 Å². The third-order valence-electron chi connectivity index (χ3n) is 5.98. The largest absolute Gasteiger partial charge is 0.424 e. The SMILES string of the molecule is O=C(C[NH+]1CC[NH+](Cn2c(=O)oc3ccccc32)CC1)N1CCCCCC1. The molecule has 0 bridgehead atoms. The average Bonchev–Trinajstić information content (AvgIpc) is 2.86. The number of hydrogen-bond acceptors (Lipinski definition) is 3. The molecule has 2 aliphatic rings. The van der Waals surface area contributed by atoms with Crippen molar-refractivity contribution in [2.45, 2.75) is 32.4 Å². The molecule has 1 amide bonds. The van der Waals surface area contributed by atoms with Gasteiger partial charge in [-0.15, -0.1) is 0 Å². The molecule has 1 aromatic heterocycles. The van der Waals surface area contributed by atoms with Gasteiger partial charge in [-0.3, -0.25) is 4.79 Å². The van der Waals surface area contributed by atoms with E-state index in [1.807, 2.05) is 24.3 Å². The van der Waals surface area contributed by atoms with Crippen LogP contribution in [0.15, 0.2) is 33.5 Å². The molecule has 1 aromatic carbocycles. The minimum absolute atomic E-state index is 0.283. The lowest BCUT2D eigenvalue weighted by Gasteiger charge is -2.30. The van der Waals surface area contributed by atoms with Gasteiger partial charge in [0, 0.05) is 13.1 Å². The van der Waals surface area contributed by atoms with Crippen LogP contribution >= 0.6 is 0 Å². The normalized spacial score (nSPS) is 24.1. The molecule has 0 unspecified atom stereocenters. The number of para-hydroxylation sites is 2. The topological polar surface area (TPSA) is 64.3 Å². The van der Waals surface area contributed by atoms with E-state index in [1.54, 1.807) is 4.57 Å². The van der Waals surface area contributed by atoms with Crippen molar-refractivity contribution in [3.63, 3.8) is 0 Å². The van der Waals surface area contributed by atoms with Crippen LogP contribution in [0.1, 0.15) is 25.7 Å². The number of amides is 1. The van der Waals surface area contributed by atoms with Crippen LogP contribution in [0.3, 0.4) is 0 Å². The number of piperazine rings is 1. The number of likely N-dealkylation sites (tertiary alicyclic amines) is 1. The second-order valence-corrected chi connectivity index (χ2v) is 7.89. The van der Waals surface area contributed by atoms with Crippen molar-refractivity contribution in [1.29, 1.82) is 0 Å². The minimum atomic E-state index is -0.283. The summed E-state index contributed by atoms with van der Waals surface area (Å²) < 4.78 is 7.06. The molecule has 2 aromatic rings. The predicted octanol–water partition coefficient (Wildman–Crippen LogP) is -1.26. The number of benzene rings is 1. The summed E-state index contributed by atoms with van der Waals surface area (Å²) in [6.45, 7) is 6.98. The van der Waals surface area contributed by atoms with Crippen LogP contribution < -0.4 is 15.6 Å². The van der Waals surface area contributed by atoms with E-state index in [0.717, 1.165) is 57.6 Å². The Morgan fingerprint density at radius 1 is 0.963 bits per heavy atom. The van der Waals surface area contributed by atoms with E-state index in [2.05, 4.69) is 4.90 Å². The summed E-state index contributed by atoms with van der Waals surface area (Å²) in [5.41, 5.74) is 1.51. The van der Waals surface area contributed by atoms with Crippen LogP contribution in [0.5, 0.6) is 0 Å². The van der Waals surface area contributed by atoms with E-state index in [4.69, 9.17) is 4.42 Å². The maximum atomic E-state index is 12.6. The van der Waals surface area contributed by atoms with Crippen molar-refractivity contribution in [1.82, 2.24) is 9.47 Å². The van der Waals surface area contributed by atoms with Crippen LogP contribution in [0, 0.1) is 0 Å². The molecule has 7 heteroatoms. The molecule has 3 heterocycles. The van der Waals surface area contributed by atoms with E-state index < -0.39 is 0 Å². The van der Waals surface area contributed by atoms with Gasteiger partial charge < -0.3 is 19.1 Å². The lowest BCUT2D eigenvalue weighted by atomic mass is 10.2. The molecule has 4 rings (SSSR count). The Bertz CT molecular complexity index is 827. The van der Waals surface area contributed by atoms with Gasteiger partial charge in [-0.25, -0.2) is 9.36 Å². The fourth-order valence-corrected chi connectivity index (χ4v) is 4.33. The van der Waals surface area contributed by atoms with Gasteiger partial charge in [-0.2, -0.15) is 0 Å². The summed E-state index contributed by atoms with van der Waals surface area (Å²) in [5, 5.41) is 0. The molecule has 0 aliphatic carbocycles. The molecule has 2 N–H and O–H groups in total. The predicted molar refractivity (Wildman–Crippen MR) is 102 cm³/mol. The average molecular weight is 374 g/mol. The minimum Gasteiger partial charge on any atom is -0.408 e. The first-order chi connectivity index (χ1) is 13.2. The maximum Gasteiger partial charge on any atom is 0.424 e. The van der Waals surface area contributed by atoms with Gasteiger partial charge in [-0.1, -0.05) is 25.0 Å². The van der Waals surface area contributed by atoms with Crippen molar-refractivity contribution in [3.05, 3.63) is 34.8 Å². The lowest BCUT2D eigenvalue weighted by molar-refractivity contribution is -1.02.